The number of rotatable bonds is 5. The molecule has 1 aromatic rings. The van der Waals surface area contributed by atoms with E-state index in [2.05, 4.69) is 4.98 Å². The van der Waals surface area contributed by atoms with Crippen LogP contribution in [0.4, 0.5) is 0 Å². The first-order valence-corrected chi connectivity index (χ1v) is 5.63. The third kappa shape index (κ3) is 2.12. The number of hydrogen-bond acceptors (Lipinski definition) is 3. The highest BCUT2D eigenvalue weighted by Gasteiger charge is 2.35. The maximum Gasteiger partial charge on any atom is 0.309 e. The van der Waals surface area contributed by atoms with E-state index in [4.69, 9.17) is 0 Å². The molecular weight excluding hydrogens is 198 g/mol. The summed E-state index contributed by atoms with van der Waals surface area (Å²) in [7, 11) is 0. The lowest BCUT2D eigenvalue weighted by molar-refractivity contribution is -0.149. The minimum absolute atomic E-state index is 0.597. The van der Waals surface area contributed by atoms with Crippen molar-refractivity contribution in [2.45, 2.75) is 33.1 Å². The summed E-state index contributed by atoms with van der Waals surface area (Å²) in [6.07, 6.45) is 3.68. The molecule has 14 heavy (non-hydrogen) atoms. The molecule has 1 heterocycles. The molecule has 4 heteroatoms. The van der Waals surface area contributed by atoms with Gasteiger partial charge in [-0.3, -0.25) is 9.78 Å². The van der Waals surface area contributed by atoms with E-state index in [-0.39, 0.29) is 0 Å². The Morgan fingerprint density at radius 3 is 2.57 bits per heavy atom. The van der Waals surface area contributed by atoms with E-state index >= 15 is 0 Å². The number of nitrogens with zero attached hydrogens (tertiary/aromatic N) is 1. The van der Waals surface area contributed by atoms with Gasteiger partial charge in [0.1, 0.15) is 0 Å². The predicted molar refractivity (Wildman–Crippen MR) is 56.5 cm³/mol. The first-order chi connectivity index (χ1) is 6.64. The third-order valence-corrected chi connectivity index (χ3v) is 3.58. The molecule has 0 amide bonds. The van der Waals surface area contributed by atoms with E-state index in [1.54, 1.807) is 11.7 Å². The number of aromatic nitrogens is 1. The molecule has 0 saturated carbocycles. The van der Waals surface area contributed by atoms with Crippen molar-refractivity contribution in [2.24, 2.45) is 5.41 Å². The SMILES string of the molecule is CCC(CC)(Cc1cncs1)C(=O)O. The molecule has 3 nitrogen and oxygen atoms in total. The molecular formula is C10H15NO2S. The molecule has 0 aliphatic heterocycles. The second-order valence-corrected chi connectivity index (χ2v) is 4.41. The average molecular weight is 213 g/mol. The maximum absolute atomic E-state index is 11.2. The molecule has 1 aromatic heterocycles. The van der Waals surface area contributed by atoms with Crippen LogP contribution in [0.15, 0.2) is 11.7 Å². The molecule has 0 aliphatic carbocycles. The van der Waals surface area contributed by atoms with Crippen molar-refractivity contribution >= 4 is 17.3 Å². The van der Waals surface area contributed by atoms with Crippen LogP contribution in [0.5, 0.6) is 0 Å². The molecule has 0 fully saturated rings. The van der Waals surface area contributed by atoms with Crippen LogP contribution in [0.25, 0.3) is 0 Å². The normalized spacial score (nSPS) is 11.6. The number of carboxylic acids is 1. The Balaban J connectivity index is 2.83. The molecule has 78 valence electrons. The van der Waals surface area contributed by atoms with Crippen LogP contribution >= 0.6 is 11.3 Å². The summed E-state index contributed by atoms with van der Waals surface area (Å²) < 4.78 is 0. The summed E-state index contributed by atoms with van der Waals surface area (Å²) in [6.45, 7) is 3.86. The van der Waals surface area contributed by atoms with Gasteiger partial charge < -0.3 is 5.11 Å². The highest BCUT2D eigenvalue weighted by molar-refractivity contribution is 7.09. The fourth-order valence-corrected chi connectivity index (χ4v) is 2.28. The van der Waals surface area contributed by atoms with Gasteiger partial charge in [0, 0.05) is 11.1 Å². The summed E-state index contributed by atoms with van der Waals surface area (Å²) >= 11 is 1.52. The molecule has 0 saturated heterocycles. The van der Waals surface area contributed by atoms with Crippen molar-refractivity contribution in [1.29, 1.82) is 0 Å². The lowest BCUT2D eigenvalue weighted by Crippen LogP contribution is -2.31. The molecule has 1 rings (SSSR count). The fourth-order valence-electron chi connectivity index (χ4n) is 1.54. The Bertz CT molecular complexity index is 291. The van der Waals surface area contributed by atoms with Gasteiger partial charge in [-0.15, -0.1) is 11.3 Å². The van der Waals surface area contributed by atoms with Gasteiger partial charge in [0.05, 0.1) is 10.9 Å². The second-order valence-electron chi connectivity index (χ2n) is 3.44. The van der Waals surface area contributed by atoms with Crippen LogP contribution in [0, 0.1) is 5.41 Å². The molecule has 1 N–H and O–H groups in total. The number of aliphatic carboxylic acids is 1. The molecule has 0 spiro atoms. The van der Waals surface area contributed by atoms with E-state index in [1.165, 1.54) is 11.3 Å². The first kappa shape index (κ1) is 11.2. The van der Waals surface area contributed by atoms with Gasteiger partial charge in [0.25, 0.3) is 0 Å². The highest BCUT2D eigenvalue weighted by atomic mass is 32.1. The first-order valence-electron chi connectivity index (χ1n) is 4.75. The number of hydrogen-bond donors (Lipinski definition) is 1. The largest absolute Gasteiger partial charge is 0.481 e. The Kier molecular flexibility index (Phi) is 3.63. The Morgan fingerprint density at radius 1 is 1.57 bits per heavy atom. The summed E-state index contributed by atoms with van der Waals surface area (Å²) in [4.78, 5) is 16.2. The van der Waals surface area contributed by atoms with Crippen molar-refractivity contribution in [3.8, 4) is 0 Å². The van der Waals surface area contributed by atoms with Crippen LogP contribution in [0.3, 0.4) is 0 Å². The van der Waals surface area contributed by atoms with E-state index in [9.17, 15) is 9.90 Å². The van der Waals surface area contributed by atoms with Crippen LogP contribution < -0.4 is 0 Å². The van der Waals surface area contributed by atoms with Gasteiger partial charge in [-0.25, -0.2) is 0 Å². The van der Waals surface area contributed by atoms with E-state index in [0.717, 1.165) is 4.88 Å². The molecule has 0 atom stereocenters. The van der Waals surface area contributed by atoms with Crippen molar-refractivity contribution in [2.75, 3.05) is 0 Å². The van der Waals surface area contributed by atoms with Crippen molar-refractivity contribution in [3.63, 3.8) is 0 Å². The predicted octanol–water partition coefficient (Wildman–Crippen LogP) is 2.58. The quantitative estimate of drug-likeness (QED) is 0.817. The Morgan fingerprint density at radius 2 is 2.21 bits per heavy atom. The number of thiazole rings is 1. The van der Waals surface area contributed by atoms with Gasteiger partial charge in [-0.2, -0.15) is 0 Å². The number of carboxylic acid groups (broad SMARTS) is 1. The molecule has 0 radical (unpaired) electrons. The highest BCUT2D eigenvalue weighted by Crippen LogP contribution is 2.32. The van der Waals surface area contributed by atoms with Gasteiger partial charge in [0.15, 0.2) is 0 Å². The second kappa shape index (κ2) is 4.55. The zero-order chi connectivity index (χ0) is 10.6. The van der Waals surface area contributed by atoms with Gasteiger partial charge >= 0.3 is 5.97 Å². The lowest BCUT2D eigenvalue weighted by Gasteiger charge is -2.25. The zero-order valence-corrected chi connectivity index (χ0v) is 9.30. The molecule has 0 bridgehead atoms. The smallest absolute Gasteiger partial charge is 0.309 e. The van der Waals surface area contributed by atoms with E-state index < -0.39 is 11.4 Å². The minimum atomic E-state index is -0.698. The van der Waals surface area contributed by atoms with E-state index in [1.807, 2.05) is 13.8 Å². The van der Waals surface area contributed by atoms with Crippen molar-refractivity contribution in [3.05, 3.63) is 16.6 Å². The van der Waals surface area contributed by atoms with E-state index in [0.29, 0.717) is 19.3 Å². The zero-order valence-electron chi connectivity index (χ0n) is 8.49. The summed E-state index contributed by atoms with van der Waals surface area (Å²) in [5.74, 6) is -0.698. The van der Waals surface area contributed by atoms with Gasteiger partial charge in [0.2, 0.25) is 0 Å². The minimum Gasteiger partial charge on any atom is -0.481 e. The van der Waals surface area contributed by atoms with Crippen LogP contribution in [0.2, 0.25) is 0 Å². The third-order valence-electron chi connectivity index (χ3n) is 2.80. The lowest BCUT2D eigenvalue weighted by atomic mass is 9.79. The maximum atomic E-state index is 11.2. The summed E-state index contributed by atoms with van der Waals surface area (Å²) in [5, 5.41) is 9.21. The monoisotopic (exact) mass is 213 g/mol. The molecule has 0 unspecified atom stereocenters. The van der Waals surface area contributed by atoms with Crippen LogP contribution in [0.1, 0.15) is 31.6 Å². The summed E-state index contributed by atoms with van der Waals surface area (Å²) in [5.41, 5.74) is 1.14. The Hall–Kier alpha value is -0.900. The standard InChI is InChI=1S/C10H15NO2S/c1-3-10(4-2,9(12)13)5-8-6-11-7-14-8/h6-7H,3-5H2,1-2H3,(H,12,13). The Labute approximate surface area is 87.8 Å². The van der Waals surface area contributed by atoms with Gasteiger partial charge in [-0.05, 0) is 19.3 Å². The molecule has 0 aliphatic rings. The number of carbonyl (C=O) groups is 1. The van der Waals surface area contributed by atoms with Crippen molar-refractivity contribution < 1.29 is 9.90 Å². The van der Waals surface area contributed by atoms with Crippen LogP contribution in [-0.4, -0.2) is 16.1 Å². The topological polar surface area (TPSA) is 50.2 Å². The summed E-state index contributed by atoms with van der Waals surface area (Å²) in [6, 6.07) is 0. The van der Waals surface area contributed by atoms with Crippen LogP contribution in [-0.2, 0) is 11.2 Å². The van der Waals surface area contributed by atoms with Gasteiger partial charge in [-0.1, -0.05) is 13.8 Å². The molecule has 0 aromatic carbocycles. The fraction of sp³-hybridized carbons (Fsp3) is 0.600. The average Bonchev–Trinajstić information content (AvgIpc) is 2.66. The van der Waals surface area contributed by atoms with Crippen molar-refractivity contribution in [1.82, 2.24) is 4.98 Å².